The SMILES string of the molecule is CCNC(c1csc2ccccc12)C1C2CCCC21. The molecule has 2 saturated carbocycles. The molecule has 1 N–H and O–H groups in total. The summed E-state index contributed by atoms with van der Waals surface area (Å²) in [6.45, 7) is 3.31. The monoisotopic (exact) mass is 271 g/mol. The summed E-state index contributed by atoms with van der Waals surface area (Å²) < 4.78 is 1.44. The Kier molecular flexibility index (Phi) is 2.89. The second-order valence-corrected chi connectivity index (χ2v) is 6.97. The molecule has 1 nitrogen and oxygen atoms in total. The van der Waals surface area contributed by atoms with Crippen LogP contribution in [0.4, 0.5) is 0 Å². The number of rotatable bonds is 4. The first-order valence-corrected chi connectivity index (χ1v) is 8.47. The zero-order valence-electron chi connectivity index (χ0n) is 11.4. The van der Waals surface area contributed by atoms with Crippen molar-refractivity contribution in [3.05, 3.63) is 35.2 Å². The third-order valence-electron chi connectivity index (χ3n) is 5.13. The molecule has 4 rings (SSSR count). The molecule has 1 aromatic heterocycles. The summed E-state index contributed by atoms with van der Waals surface area (Å²) in [5, 5.41) is 7.64. The number of hydrogen-bond donors (Lipinski definition) is 1. The van der Waals surface area contributed by atoms with Gasteiger partial charge in [-0.15, -0.1) is 11.3 Å². The summed E-state index contributed by atoms with van der Waals surface area (Å²) in [7, 11) is 0. The van der Waals surface area contributed by atoms with E-state index in [9.17, 15) is 0 Å². The van der Waals surface area contributed by atoms with Crippen LogP contribution in [0.2, 0.25) is 0 Å². The first kappa shape index (κ1) is 11.9. The van der Waals surface area contributed by atoms with Crippen molar-refractivity contribution in [3.8, 4) is 0 Å². The minimum absolute atomic E-state index is 0.594. The van der Waals surface area contributed by atoms with Crippen LogP contribution >= 0.6 is 11.3 Å². The smallest absolute Gasteiger partial charge is 0.0368 e. The fourth-order valence-electron chi connectivity index (χ4n) is 4.28. The Morgan fingerprint density at radius 2 is 2.05 bits per heavy atom. The maximum absolute atomic E-state index is 3.77. The lowest BCUT2D eigenvalue weighted by Gasteiger charge is -2.19. The molecule has 0 aliphatic heterocycles. The Bertz CT molecular complexity index is 578. The molecule has 0 radical (unpaired) electrons. The second-order valence-electron chi connectivity index (χ2n) is 6.06. The lowest BCUT2D eigenvalue weighted by Crippen LogP contribution is -2.24. The van der Waals surface area contributed by atoms with Crippen molar-refractivity contribution >= 4 is 21.4 Å². The molecule has 3 atom stereocenters. The fraction of sp³-hybridized carbons (Fsp3) is 0.529. The van der Waals surface area contributed by atoms with E-state index >= 15 is 0 Å². The van der Waals surface area contributed by atoms with E-state index in [1.54, 1.807) is 5.56 Å². The molecule has 0 spiro atoms. The Balaban J connectivity index is 1.70. The molecule has 19 heavy (non-hydrogen) atoms. The van der Waals surface area contributed by atoms with Gasteiger partial charge in [0.1, 0.15) is 0 Å². The summed E-state index contributed by atoms with van der Waals surface area (Å²) in [6, 6.07) is 9.46. The number of thiophene rings is 1. The molecule has 2 aliphatic rings. The van der Waals surface area contributed by atoms with Crippen LogP contribution in [0.25, 0.3) is 10.1 Å². The van der Waals surface area contributed by atoms with Gasteiger partial charge in [-0.3, -0.25) is 0 Å². The number of nitrogens with one attached hydrogen (secondary N) is 1. The highest BCUT2D eigenvalue weighted by Gasteiger charge is 2.56. The average Bonchev–Trinajstić information content (AvgIpc) is 2.84. The molecule has 1 heterocycles. The van der Waals surface area contributed by atoms with Gasteiger partial charge in [0.15, 0.2) is 0 Å². The summed E-state index contributed by atoms with van der Waals surface area (Å²) in [4.78, 5) is 0. The zero-order chi connectivity index (χ0) is 12.8. The molecule has 3 unspecified atom stereocenters. The van der Waals surface area contributed by atoms with Crippen LogP contribution in [-0.2, 0) is 0 Å². The van der Waals surface area contributed by atoms with Gasteiger partial charge in [-0.05, 0) is 59.5 Å². The quantitative estimate of drug-likeness (QED) is 0.857. The Hall–Kier alpha value is -0.860. The van der Waals surface area contributed by atoms with E-state index in [4.69, 9.17) is 0 Å². The summed E-state index contributed by atoms with van der Waals surface area (Å²) >= 11 is 1.90. The van der Waals surface area contributed by atoms with Crippen molar-refractivity contribution in [2.24, 2.45) is 17.8 Å². The van der Waals surface area contributed by atoms with E-state index in [2.05, 4.69) is 41.9 Å². The molecule has 0 saturated heterocycles. The van der Waals surface area contributed by atoms with E-state index in [0.29, 0.717) is 6.04 Å². The average molecular weight is 271 g/mol. The van der Waals surface area contributed by atoms with Crippen molar-refractivity contribution < 1.29 is 0 Å². The second kappa shape index (κ2) is 4.60. The highest BCUT2D eigenvalue weighted by Crippen LogP contribution is 2.62. The summed E-state index contributed by atoms with van der Waals surface area (Å²) in [5.41, 5.74) is 1.56. The molecule has 0 amide bonds. The maximum Gasteiger partial charge on any atom is 0.0368 e. The predicted octanol–water partition coefficient (Wildman–Crippen LogP) is 4.60. The van der Waals surface area contributed by atoms with Crippen molar-refractivity contribution in [2.75, 3.05) is 6.54 Å². The number of fused-ring (bicyclic) bond motifs is 2. The first-order valence-electron chi connectivity index (χ1n) is 7.59. The predicted molar refractivity (Wildman–Crippen MR) is 82.6 cm³/mol. The van der Waals surface area contributed by atoms with Gasteiger partial charge in [0.25, 0.3) is 0 Å². The van der Waals surface area contributed by atoms with Crippen LogP contribution in [-0.4, -0.2) is 6.54 Å². The topological polar surface area (TPSA) is 12.0 Å². The minimum atomic E-state index is 0.594. The summed E-state index contributed by atoms with van der Waals surface area (Å²) in [6.07, 6.45) is 4.41. The van der Waals surface area contributed by atoms with Gasteiger partial charge in [0, 0.05) is 10.7 Å². The highest BCUT2D eigenvalue weighted by atomic mass is 32.1. The largest absolute Gasteiger partial charge is 0.310 e. The van der Waals surface area contributed by atoms with Crippen LogP contribution in [0.3, 0.4) is 0 Å². The molecule has 2 aliphatic carbocycles. The van der Waals surface area contributed by atoms with Gasteiger partial charge < -0.3 is 5.32 Å². The molecule has 0 bridgehead atoms. The lowest BCUT2D eigenvalue weighted by atomic mass is 9.96. The fourth-order valence-corrected chi connectivity index (χ4v) is 5.28. The molecule has 100 valence electrons. The summed E-state index contributed by atoms with van der Waals surface area (Å²) in [5.74, 6) is 2.94. The van der Waals surface area contributed by atoms with Crippen molar-refractivity contribution in [1.82, 2.24) is 5.32 Å². The molecule has 2 heteroatoms. The van der Waals surface area contributed by atoms with Gasteiger partial charge in [0.2, 0.25) is 0 Å². The third kappa shape index (κ3) is 1.85. The van der Waals surface area contributed by atoms with Gasteiger partial charge >= 0.3 is 0 Å². The zero-order valence-corrected chi connectivity index (χ0v) is 12.2. The van der Waals surface area contributed by atoms with Gasteiger partial charge in [-0.25, -0.2) is 0 Å². The number of benzene rings is 1. The van der Waals surface area contributed by atoms with E-state index in [1.165, 1.54) is 29.3 Å². The maximum atomic E-state index is 3.77. The highest BCUT2D eigenvalue weighted by molar-refractivity contribution is 7.17. The molecule has 2 aromatic rings. The van der Waals surface area contributed by atoms with Crippen LogP contribution in [0, 0.1) is 17.8 Å². The van der Waals surface area contributed by atoms with Crippen LogP contribution in [0.5, 0.6) is 0 Å². The molecule has 1 aromatic carbocycles. The van der Waals surface area contributed by atoms with Gasteiger partial charge in [-0.1, -0.05) is 31.5 Å². The van der Waals surface area contributed by atoms with Crippen molar-refractivity contribution in [3.63, 3.8) is 0 Å². The lowest BCUT2D eigenvalue weighted by molar-refractivity contribution is 0.429. The van der Waals surface area contributed by atoms with E-state index in [-0.39, 0.29) is 0 Å². The molecular formula is C17H21NS. The van der Waals surface area contributed by atoms with Crippen LogP contribution in [0.1, 0.15) is 37.8 Å². The van der Waals surface area contributed by atoms with Crippen LogP contribution in [0.15, 0.2) is 29.6 Å². The Morgan fingerprint density at radius 3 is 2.84 bits per heavy atom. The third-order valence-corrected chi connectivity index (χ3v) is 6.11. The standard InChI is InChI=1S/C17H21NS/c1-2-18-17(16-12-7-5-8-13(12)16)14-10-19-15-9-4-3-6-11(14)15/h3-4,6,9-10,12-13,16-18H,2,5,7-8H2,1H3. The van der Waals surface area contributed by atoms with E-state index in [1.807, 2.05) is 11.3 Å². The Morgan fingerprint density at radius 1 is 1.26 bits per heavy atom. The van der Waals surface area contributed by atoms with Crippen molar-refractivity contribution in [1.29, 1.82) is 0 Å². The van der Waals surface area contributed by atoms with Gasteiger partial charge in [0.05, 0.1) is 0 Å². The molecule has 2 fully saturated rings. The normalized spacial score (nSPS) is 30.5. The number of hydrogen-bond acceptors (Lipinski definition) is 2. The van der Waals surface area contributed by atoms with Crippen LogP contribution < -0.4 is 5.32 Å². The Labute approximate surface area is 119 Å². The van der Waals surface area contributed by atoms with E-state index in [0.717, 1.165) is 24.3 Å². The first-order chi connectivity index (χ1) is 9.40. The van der Waals surface area contributed by atoms with E-state index < -0.39 is 0 Å². The molecular weight excluding hydrogens is 250 g/mol. The minimum Gasteiger partial charge on any atom is -0.310 e. The van der Waals surface area contributed by atoms with Gasteiger partial charge in [-0.2, -0.15) is 0 Å². The van der Waals surface area contributed by atoms with Crippen molar-refractivity contribution in [2.45, 2.75) is 32.2 Å².